The summed E-state index contributed by atoms with van der Waals surface area (Å²) in [5.41, 5.74) is 6.38. The van der Waals surface area contributed by atoms with Gasteiger partial charge in [-0.3, -0.25) is 0 Å². The van der Waals surface area contributed by atoms with Crippen molar-refractivity contribution < 1.29 is 4.39 Å². The van der Waals surface area contributed by atoms with Crippen molar-refractivity contribution in [1.82, 2.24) is 4.90 Å². The van der Waals surface area contributed by atoms with Gasteiger partial charge < -0.3 is 15.5 Å². The summed E-state index contributed by atoms with van der Waals surface area (Å²) >= 11 is 5.90. The molecule has 5 heteroatoms. The maximum atomic E-state index is 13.7. The molecule has 0 spiro atoms. The lowest BCUT2D eigenvalue weighted by Gasteiger charge is -2.34. The zero-order valence-electron chi connectivity index (χ0n) is 9.21. The van der Waals surface area contributed by atoms with Crippen LogP contribution in [0.25, 0.3) is 0 Å². The lowest BCUT2D eigenvalue weighted by molar-refractivity contribution is 0.311. The highest BCUT2D eigenvalue weighted by atomic mass is 35.5. The first-order valence-electron chi connectivity index (χ1n) is 5.26. The number of likely N-dealkylation sites (N-methyl/N-ethyl adjacent to an activating group) is 1. The molecule has 1 saturated heterocycles. The summed E-state index contributed by atoms with van der Waals surface area (Å²) in [5.74, 6) is -0.300. The average molecular weight is 244 g/mol. The van der Waals surface area contributed by atoms with Gasteiger partial charge in [0.05, 0.1) is 16.4 Å². The molecule has 1 fully saturated rings. The molecule has 2 N–H and O–H groups in total. The molecule has 2 rings (SSSR count). The predicted octanol–water partition coefficient (Wildman–Crippen LogP) is 1.81. The van der Waals surface area contributed by atoms with Gasteiger partial charge in [-0.2, -0.15) is 0 Å². The summed E-state index contributed by atoms with van der Waals surface area (Å²) < 4.78 is 13.7. The standard InChI is InChI=1S/C11H15ClFN3/c1-15-2-4-16(5-3-15)11-6-8(12)10(14)7-9(11)13/h6-7H,2-5,14H2,1H3. The monoisotopic (exact) mass is 243 g/mol. The first-order valence-corrected chi connectivity index (χ1v) is 5.64. The molecule has 0 unspecified atom stereocenters. The quantitative estimate of drug-likeness (QED) is 0.764. The minimum atomic E-state index is -0.300. The number of hydrogen-bond acceptors (Lipinski definition) is 3. The fourth-order valence-corrected chi connectivity index (χ4v) is 2.00. The van der Waals surface area contributed by atoms with Gasteiger partial charge >= 0.3 is 0 Å². The molecule has 0 aliphatic carbocycles. The molecular weight excluding hydrogens is 229 g/mol. The number of benzene rings is 1. The smallest absolute Gasteiger partial charge is 0.148 e. The lowest BCUT2D eigenvalue weighted by atomic mass is 10.2. The van der Waals surface area contributed by atoms with Crippen molar-refractivity contribution in [2.75, 3.05) is 43.9 Å². The van der Waals surface area contributed by atoms with E-state index in [0.29, 0.717) is 10.7 Å². The maximum absolute atomic E-state index is 13.7. The van der Waals surface area contributed by atoms with Crippen molar-refractivity contribution in [3.8, 4) is 0 Å². The Morgan fingerprint density at radius 2 is 1.88 bits per heavy atom. The zero-order valence-corrected chi connectivity index (χ0v) is 9.97. The Morgan fingerprint density at radius 1 is 1.25 bits per heavy atom. The fourth-order valence-electron chi connectivity index (χ4n) is 1.84. The van der Waals surface area contributed by atoms with Gasteiger partial charge in [0.25, 0.3) is 0 Å². The van der Waals surface area contributed by atoms with E-state index in [4.69, 9.17) is 17.3 Å². The maximum Gasteiger partial charge on any atom is 0.148 e. The number of nitrogen functional groups attached to an aromatic ring is 1. The van der Waals surface area contributed by atoms with Crippen LogP contribution in [0.1, 0.15) is 0 Å². The van der Waals surface area contributed by atoms with E-state index < -0.39 is 0 Å². The van der Waals surface area contributed by atoms with Crippen LogP contribution in [-0.4, -0.2) is 38.1 Å². The summed E-state index contributed by atoms with van der Waals surface area (Å²) in [6.45, 7) is 3.49. The van der Waals surface area contributed by atoms with Crippen LogP contribution in [0.15, 0.2) is 12.1 Å². The van der Waals surface area contributed by atoms with E-state index in [9.17, 15) is 4.39 Å². The molecule has 3 nitrogen and oxygen atoms in total. The van der Waals surface area contributed by atoms with Gasteiger partial charge in [0, 0.05) is 32.2 Å². The summed E-state index contributed by atoms with van der Waals surface area (Å²) in [6, 6.07) is 2.90. The van der Waals surface area contributed by atoms with Gasteiger partial charge in [0.2, 0.25) is 0 Å². The van der Waals surface area contributed by atoms with Crippen LogP contribution in [0.5, 0.6) is 0 Å². The van der Waals surface area contributed by atoms with Crippen molar-refractivity contribution in [3.05, 3.63) is 23.0 Å². The minimum Gasteiger partial charge on any atom is -0.397 e. The third-order valence-corrected chi connectivity index (χ3v) is 3.24. The van der Waals surface area contributed by atoms with E-state index in [1.54, 1.807) is 6.07 Å². The summed E-state index contributed by atoms with van der Waals surface area (Å²) in [4.78, 5) is 4.22. The molecule has 1 heterocycles. The third kappa shape index (κ3) is 2.23. The molecule has 0 saturated carbocycles. The molecule has 0 atom stereocenters. The van der Waals surface area contributed by atoms with Gasteiger partial charge in [-0.1, -0.05) is 11.6 Å². The highest BCUT2D eigenvalue weighted by molar-refractivity contribution is 6.33. The Kier molecular flexibility index (Phi) is 3.21. The highest BCUT2D eigenvalue weighted by Crippen LogP contribution is 2.29. The van der Waals surface area contributed by atoms with Gasteiger partial charge in [-0.05, 0) is 13.1 Å². The van der Waals surface area contributed by atoms with Crippen LogP contribution in [0.3, 0.4) is 0 Å². The van der Waals surface area contributed by atoms with Crippen molar-refractivity contribution in [2.24, 2.45) is 0 Å². The van der Waals surface area contributed by atoms with Crippen molar-refractivity contribution in [3.63, 3.8) is 0 Å². The van der Waals surface area contributed by atoms with Gasteiger partial charge in [0.15, 0.2) is 0 Å². The van der Waals surface area contributed by atoms with E-state index in [1.807, 2.05) is 4.90 Å². The lowest BCUT2D eigenvalue weighted by Crippen LogP contribution is -2.44. The number of nitrogens with zero attached hydrogens (tertiary/aromatic N) is 2. The summed E-state index contributed by atoms with van der Waals surface area (Å²) in [5, 5.41) is 0.412. The zero-order chi connectivity index (χ0) is 11.7. The number of rotatable bonds is 1. The molecule has 1 aromatic carbocycles. The second kappa shape index (κ2) is 4.47. The number of hydrogen-bond donors (Lipinski definition) is 1. The van der Waals surface area contributed by atoms with Crippen LogP contribution in [0.4, 0.5) is 15.8 Å². The van der Waals surface area contributed by atoms with E-state index >= 15 is 0 Å². The fraction of sp³-hybridized carbons (Fsp3) is 0.455. The van der Waals surface area contributed by atoms with Crippen LogP contribution < -0.4 is 10.6 Å². The van der Waals surface area contributed by atoms with E-state index in [0.717, 1.165) is 26.2 Å². The molecule has 88 valence electrons. The number of anilines is 2. The largest absolute Gasteiger partial charge is 0.397 e. The molecule has 0 bridgehead atoms. The van der Waals surface area contributed by atoms with Gasteiger partial charge in [-0.15, -0.1) is 0 Å². The van der Waals surface area contributed by atoms with E-state index in [-0.39, 0.29) is 11.5 Å². The molecular formula is C11H15ClFN3. The first-order chi connectivity index (χ1) is 7.58. The van der Waals surface area contributed by atoms with Crippen LogP contribution >= 0.6 is 11.6 Å². The molecule has 1 aromatic rings. The number of piperazine rings is 1. The topological polar surface area (TPSA) is 32.5 Å². The van der Waals surface area contributed by atoms with Crippen LogP contribution in [0, 0.1) is 5.82 Å². The SMILES string of the molecule is CN1CCN(c2cc(Cl)c(N)cc2F)CC1. The Bertz CT molecular complexity index is 389. The second-order valence-corrected chi connectivity index (χ2v) is 4.52. The number of halogens is 2. The van der Waals surface area contributed by atoms with Gasteiger partial charge in [-0.25, -0.2) is 4.39 Å². The van der Waals surface area contributed by atoms with E-state index in [2.05, 4.69) is 11.9 Å². The number of nitrogens with two attached hydrogens (primary N) is 1. The summed E-state index contributed by atoms with van der Waals surface area (Å²) in [6.07, 6.45) is 0. The highest BCUT2D eigenvalue weighted by Gasteiger charge is 2.18. The van der Waals surface area contributed by atoms with Gasteiger partial charge in [0.1, 0.15) is 5.82 Å². The Balaban J connectivity index is 2.23. The Hall–Kier alpha value is -1.00. The second-order valence-electron chi connectivity index (χ2n) is 4.12. The average Bonchev–Trinajstić information content (AvgIpc) is 2.25. The molecule has 1 aliphatic heterocycles. The van der Waals surface area contributed by atoms with Crippen LogP contribution in [-0.2, 0) is 0 Å². The van der Waals surface area contributed by atoms with Crippen molar-refractivity contribution >= 4 is 23.0 Å². The Labute approximate surface area is 99.6 Å². The third-order valence-electron chi connectivity index (χ3n) is 2.91. The normalized spacial score (nSPS) is 17.8. The van der Waals surface area contributed by atoms with Crippen LogP contribution in [0.2, 0.25) is 5.02 Å². The van der Waals surface area contributed by atoms with Crippen molar-refractivity contribution in [1.29, 1.82) is 0 Å². The minimum absolute atomic E-state index is 0.289. The molecule has 0 radical (unpaired) electrons. The predicted molar refractivity (Wildman–Crippen MR) is 65.5 cm³/mol. The summed E-state index contributed by atoms with van der Waals surface area (Å²) in [7, 11) is 2.06. The molecule has 1 aliphatic rings. The molecule has 0 amide bonds. The van der Waals surface area contributed by atoms with Crippen molar-refractivity contribution in [2.45, 2.75) is 0 Å². The van der Waals surface area contributed by atoms with E-state index in [1.165, 1.54) is 6.07 Å². The molecule has 16 heavy (non-hydrogen) atoms. The molecule has 0 aromatic heterocycles. The Morgan fingerprint density at radius 3 is 2.50 bits per heavy atom. The first kappa shape index (κ1) is 11.5.